The molecular formula is C20H17N3O2S. The summed E-state index contributed by atoms with van der Waals surface area (Å²) < 4.78 is 29.6. The zero-order valence-corrected chi connectivity index (χ0v) is 14.7. The average molecular weight is 363 g/mol. The average Bonchev–Trinajstić information content (AvgIpc) is 3.08. The molecule has 0 fully saturated rings. The van der Waals surface area contributed by atoms with Crippen LogP contribution in [-0.4, -0.2) is 18.2 Å². The summed E-state index contributed by atoms with van der Waals surface area (Å²) in [5, 5.41) is 6.12. The second kappa shape index (κ2) is 6.65. The number of hydrogen-bond acceptors (Lipinski definition) is 3. The molecule has 130 valence electrons. The molecule has 0 spiro atoms. The van der Waals surface area contributed by atoms with E-state index in [9.17, 15) is 8.42 Å². The first-order chi connectivity index (χ1) is 12.6. The Morgan fingerprint density at radius 3 is 2.42 bits per heavy atom. The van der Waals surface area contributed by atoms with Crippen LogP contribution in [0.15, 0.2) is 90.1 Å². The maximum absolute atomic E-state index is 12.7. The van der Waals surface area contributed by atoms with Crippen LogP contribution in [-0.2, 0) is 16.6 Å². The van der Waals surface area contributed by atoms with Gasteiger partial charge in [-0.25, -0.2) is 8.42 Å². The molecule has 1 aromatic heterocycles. The molecule has 0 saturated heterocycles. The van der Waals surface area contributed by atoms with Gasteiger partial charge in [0.2, 0.25) is 0 Å². The molecule has 4 rings (SSSR count). The van der Waals surface area contributed by atoms with Gasteiger partial charge in [0.05, 0.1) is 23.3 Å². The molecule has 4 aromatic rings. The fourth-order valence-electron chi connectivity index (χ4n) is 2.82. The molecule has 1 heterocycles. The minimum atomic E-state index is -3.67. The summed E-state index contributed by atoms with van der Waals surface area (Å²) in [6.45, 7) is 0.582. The molecule has 0 amide bonds. The number of hydrogen-bond donors (Lipinski definition) is 1. The van der Waals surface area contributed by atoms with Crippen molar-refractivity contribution in [3.8, 4) is 0 Å². The van der Waals surface area contributed by atoms with Crippen molar-refractivity contribution in [3.05, 3.63) is 90.8 Å². The van der Waals surface area contributed by atoms with E-state index in [-0.39, 0.29) is 4.90 Å². The molecule has 0 saturated carbocycles. The number of sulfonamides is 1. The molecule has 6 heteroatoms. The number of nitrogens with one attached hydrogen (secondary N) is 1. The maximum atomic E-state index is 12.7. The minimum Gasteiger partial charge on any atom is -0.276 e. The number of benzene rings is 3. The second-order valence-electron chi connectivity index (χ2n) is 6.03. The normalized spacial score (nSPS) is 11.5. The number of rotatable bonds is 5. The predicted molar refractivity (Wildman–Crippen MR) is 103 cm³/mol. The number of nitrogens with zero attached hydrogens (tertiary/aromatic N) is 2. The summed E-state index contributed by atoms with van der Waals surface area (Å²) in [6.07, 6.45) is 3.20. The van der Waals surface area contributed by atoms with Gasteiger partial charge in [-0.2, -0.15) is 5.10 Å². The highest BCUT2D eigenvalue weighted by molar-refractivity contribution is 7.92. The summed E-state index contributed by atoms with van der Waals surface area (Å²) in [5.74, 6) is 0. The molecule has 5 nitrogen and oxygen atoms in total. The van der Waals surface area contributed by atoms with Crippen LogP contribution in [0.25, 0.3) is 10.8 Å². The third-order valence-electron chi connectivity index (χ3n) is 4.10. The van der Waals surface area contributed by atoms with E-state index >= 15 is 0 Å². The Labute approximate surface area is 152 Å². The van der Waals surface area contributed by atoms with Gasteiger partial charge in [-0.1, -0.05) is 60.7 Å². The Morgan fingerprint density at radius 2 is 1.62 bits per heavy atom. The van der Waals surface area contributed by atoms with Gasteiger partial charge in [-0.15, -0.1) is 0 Å². The first kappa shape index (κ1) is 16.4. The first-order valence-electron chi connectivity index (χ1n) is 8.18. The number of fused-ring (bicyclic) bond motifs is 1. The molecule has 0 aliphatic carbocycles. The van der Waals surface area contributed by atoms with Gasteiger partial charge in [-0.05, 0) is 28.5 Å². The minimum absolute atomic E-state index is 0.229. The summed E-state index contributed by atoms with van der Waals surface area (Å²) in [7, 11) is -3.67. The molecule has 0 aliphatic rings. The summed E-state index contributed by atoms with van der Waals surface area (Å²) in [6, 6.07) is 22.6. The van der Waals surface area contributed by atoms with Gasteiger partial charge in [0, 0.05) is 6.20 Å². The summed E-state index contributed by atoms with van der Waals surface area (Å²) in [4.78, 5) is 0.229. The predicted octanol–water partition coefficient (Wildman–Crippen LogP) is 3.89. The van der Waals surface area contributed by atoms with Crippen molar-refractivity contribution in [2.45, 2.75) is 11.4 Å². The molecule has 0 aliphatic heterocycles. The third kappa shape index (κ3) is 3.45. The van der Waals surface area contributed by atoms with Crippen LogP contribution >= 0.6 is 0 Å². The van der Waals surface area contributed by atoms with Crippen LogP contribution in [0.3, 0.4) is 0 Å². The van der Waals surface area contributed by atoms with E-state index in [4.69, 9.17) is 0 Å². The van der Waals surface area contributed by atoms with Crippen molar-refractivity contribution in [1.29, 1.82) is 0 Å². The lowest BCUT2D eigenvalue weighted by molar-refractivity contribution is 0.601. The molecule has 1 N–H and O–H groups in total. The van der Waals surface area contributed by atoms with Crippen molar-refractivity contribution < 1.29 is 8.42 Å². The lowest BCUT2D eigenvalue weighted by atomic mass is 10.1. The van der Waals surface area contributed by atoms with Gasteiger partial charge >= 0.3 is 0 Å². The molecule has 0 unspecified atom stereocenters. The van der Waals surface area contributed by atoms with Gasteiger partial charge in [0.25, 0.3) is 10.0 Å². The molecular weight excluding hydrogens is 346 g/mol. The van der Waals surface area contributed by atoms with Crippen LogP contribution in [0.5, 0.6) is 0 Å². The smallest absolute Gasteiger partial charge is 0.262 e. The highest BCUT2D eigenvalue weighted by atomic mass is 32.2. The molecule has 0 atom stereocenters. The SMILES string of the molecule is O=S(=O)(Nc1cnn(Cc2ccccc2)c1)c1ccc2ccccc2c1. The van der Waals surface area contributed by atoms with Crippen molar-refractivity contribution >= 4 is 26.5 Å². The molecule has 0 bridgehead atoms. The quantitative estimate of drug-likeness (QED) is 0.585. The summed E-state index contributed by atoms with van der Waals surface area (Å²) in [5.41, 5.74) is 1.54. The van der Waals surface area contributed by atoms with Crippen LogP contribution in [0, 0.1) is 0 Å². The van der Waals surface area contributed by atoms with E-state index in [1.807, 2.05) is 60.7 Å². The van der Waals surface area contributed by atoms with Crippen molar-refractivity contribution in [3.63, 3.8) is 0 Å². The Hall–Kier alpha value is -3.12. The fraction of sp³-hybridized carbons (Fsp3) is 0.0500. The van der Waals surface area contributed by atoms with Gasteiger partial charge in [0.1, 0.15) is 0 Å². The standard InChI is InChI=1S/C20H17N3O2S/c24-26(25,20-11-10-17-8-4-5-9-18(17)12-20)22-19-13-21-23(15-19)14-16-6-2-1-3-7-16/h1-13,15,22H,14H2. The van der Waals surface area contributed by atoms with Crippen LogP contribution in [0.4, 0.5) is 5.69 Å². The highest BCUT2D eigenvalue weighted by Gasteiger charge is 2.15. The second-order valence-corrected chi connectivity index (χ2v) is 7.71. The van der Waals surface area contributed by atoms with E-state index in [0.717, 1.165) is 16.3 Å². The third-order valence-corrected chi connectivity index (χ3v) is 5.48. The highest BCUT2D eigenvalue weighted by Crippen LogP contribution is 2.21. The Bertz CT molecular complexity index is 1150. The molecule has 26 heavy (non-hydrogen) atoms. The topological polar surface area (TPSA) is 64.0 Å². The van der Waals surface area contributed by atoms with Crippen molar-refractivity contribution in [2.24, 2.45) is 0 Å². The fourth-order valence-corrected chi connectivity index (χ4v) is 3.88. The lowest BCUT2D eigenvalue weighted by Crippen LogP contribution is -2.12. The Kier molecular flexibility index (Phi) is 4.18. The zero-order chi connectivity index (χ0) is 18.0. The van der Waals surface area contributed by atoms with Crippen molar-refractivity contribution in [2.75, 3.05) is 4.72 Å². The van der Waals surface area contributed by atoms with Gasteiger partial charge in [0.15, 0.2) is 0 Å². The van der Waals surface area contributed by atoms with Gasteiger partial charge in [-0.3, -0.25) is 9.40 Å². The number of aromatic nitrogens is 2. The zero-order valence-electron chi connectivity index (χ0n) is 13.9. The first-order valence-corrected chi connectivity index (χ1v) is 9.66. The van der Waals surface area contributed by atoms with E-state index in [2.05, 4.69) is 9.82 Å². The molecule has 0 radical (unpaired) electrons. The van der Waals surface area contributed by atoms with E-state index in [1.54, 1.807) is 23.0 Å². The molecule has 3 aromatic carbocycles. The lowest BCUT2D eigenvalue weighted by Gasteiger charge is -2.07. The van der Waals surface area contributed by atoms with Crippen LogP contribution in [0.1, 0.15) is 5.56 Å². The number of anilines is 1. The van der Waals surface area contributed by atoms with Crippen LogP contribution in [0.2, 0.25) is 0 Å². The van der Waals surface area contributed by atoms with Crippen molar-refractivity contribution in [1.82, 2.24) is 9.78 Å². The summed E-state index contributed by atoms with van der Waals surface area (Å²) >= 11 is 0. The largest absolute Gasteiger partial charge is 0.276 e. The van der Waals surface area contributed by atoms with Gasteiger partial charge < -0.3 is 0 Å². The monoisotopic (exact) mass is 363 g/mol. The van der Waals surface area contributed by atoms with Crippen LogP contribution < -0.4 is 4.72 Å². The van der Waals surface area contributed by atoms with E-state index in [0.29, 0.717) is 12.2 Å². The Balaban J connectivity index is 1.55. The Morgan fingerprint density at radius 1 is 0.885 bits per heavy atom. The van der Waals surface area contributed by atoms with E-state index in [1.165, 1.54) is 6.20 Å². The maximum Gasteiger partial charge on any atom is 0.262 e. The van der Waals surface area contributed by atoms with E-state index < -0.39 is 10.0 Å².